The van der Waals surface area contributed by atoms with Gasteiger partial charge < -0.3 is 35.7 Å². The number of aliphatic hydroxyl groups is 1. The molecule has 37 heavy (non-hydrogen) atoms. The van der Waals surface area contributed by atoms with E-state index >= 15 is 0 Å². The number of aliphatic hydroxyl groups excluding tert-OH is 1. The lowest BCUT2D eigenvalue weighted by Gasteiger charge is -2.28. The highest BCUT2D eigenvalue weighted by Crippen LogP contribution is 2.13. The molecule has 0 aliphatic carbocycles. The van der Waals surface area contributed by atoms with Gasteiger partial charge in [0.2, 0.25) is 0 Å². The zero-order valence-electron chi connectivity index (χ0n) is 20.7. The third-order valence-corrected chi connectivity index (χ3v) is 5.46. The SMILES string of the molecule is COC(=O)[C@@](N)(CO)C(=O)[C@@H](CCCCNC(=O)OCc1ccccc1)NC(=O)OCc1ccccc1. The van der Waals surface area contributed by atoms with E-state index in [0.717, 1.165) is 18.2 Å². The molecule has 0 spiro atoms. The van der Waals surface area contributed by atoms with Crippen LogP contribution in [0.15, 0.2) is 60.7 Å². The minimum absolute atomic E-state index is 0.0344. The normalized spacial score (nSPS) is 12.9. The zero-order valence-corrected chi connectivity index (χ0v) is 20.7. The lowest BCUT2D eigenvalue weighted by atomic mass is 9.88. The average Bonchev–Trinajstić information content (AvgIpc) is 2.93. The average molecular weight is 516 g/mol. The number of amides is 2. The molecule has 2 aromatic carbocycles. The molecule has 2 atom stereocenters. The molecule has 0 bridgehead atoms. The van der Waals surface area contributed by atoms with Crippen LogP contribution in [0.25, 0.3) is 0 Å². The van der Waals surface area contributed by atoms with Gasteiger partial charge in [0.1, 0.15) is 13.2 Å². The van der Waals surface area contributed by atoms with Gasteiger partial charge >= 0.3 is 18.2 Å². The number of ketones is 1. The quantitative estimate of drug-likeness (QED) is 0.127. The van der Waals surface area contributed by atoms with Gasteiger partial charge in [0.25, 0.3) is 0 Å². The Morgan fingerprint density at radius 3 is 1.95 bits per heavy atom. The highest BCUT2D eigenvalue weighted by Gasteiger charge is 2.46. The maximum Gasteiger partial charge on any atom is 0.408 e. The molecular formula is C26H33N3O8. The van der Waals surface area contributed by atoms with Crippen LogP contribution in [0.2, 0.25) is 0 Å². The molecule has 5 N–H and O–H groups in total. The standard InChI is InChI=1S/C26H33N3O8/c1-35-23(32)26(27,18-30)22(31)21(29-25(34)37-17-20-12-6-3-7-13-20)14-8-9-15-28-24(33)36-16-19-10-4-2-5-11-19/h2-7,10-13,21,30H,8-9,14-18,27H2,1H3,(H,28,33)(H,29,34)/t21-,26-/m1/s1. The van der Waals surface area contributed by atoms with Crippen molar-refractivity contribution in [2.45, 2.75) is 44.1 Å². The van der Waals surface area contributed by atoms with Crippen LogP contribution < -0.4 is 16.4 Å². The fourth-order valence-corrected chi connectivity index (χ4v) is 3.35. The molecule has 0 fully saturated rings. The molecule has 0 saturated heterocycles. The number of nitrogens with two attached hydrogens (primary N) is 1. The van der Waals surface area contributed by atoms with Crippen molar-refractivity contribution in [3.63, 3.8) is 0 Å². The number of unbranched alkanes of at least 4 members (excludes halogenated alkanes) is 1. The van der Waals surface area contributed by atoms with Crippen molar-refractivity contribution in [3.05, 3.63) is 71.8 Å². The fourth-order valence-electron chi connectivity index (χ4n) is 3.35. The number of esters is 1. The van der Waals surface area contributed by atoms with Crippen molar-refractivity contribution in [2.24, 2.45) is 5.73 Å². The predicted octanol–water partition coefficient (Wildman–Crippen LogP) is 1.81. The topological polar surface area (TPSA) is 166 Å². The largest absolute Gasteiger partial charge is 0.467 e. The molecular weight excluding hydrogens is 482 g/mol. The van der Waals surface area contributed by atoms with Gasteiger partial charge in [-0.15, -0.1) is 0 Å². The Morgan fingerprint density at radius 2 is 1.43 bits per heavy atom. The number of carbonyl (C=O) groups is 4. The highest BCUT2D eigenvalue weighted by atomic mass is 16.6. The summed E-state index contributed by atoms with van der Waals surface area (Å²) in [6.07, 6.45) is -0.631. The molecule has 0 saturated carbocycles. The van der Waals surface area contributed by atoms with Crippen LogP contribution in [-0.2, 0) is 37.0 Å². The van der Waals surface area contributed by atoms with Gasteiger partial charge in [-0.25, -0.2) is 14.4 Å². The number of methoxy groups -OCH3 is 1. The first kappa shape index (κ1) is 29.3. The van der Waals surface area contributed by atoms with Crippen molar-refractivity contribution in [1.29, 1.82) is 0 Å². The van der Waals surface area contributed by atoms with Crippen molar-refractivity contribution >= 4 is 23.9 Å². The third-order valence-electron chi connectivity index (χ3n) is 5.46. The first-order valence-corrected chi connectivity index (χ1v) is 11.7. The summed E-state index contributed by atoms with van der Waals surface area (Å²) < 4.78 is 14.9. The van der Waals surface area contributed by atoms with Crippen LogP contribution in [0.5, 0.6) is 0 Å². The first-order chi connectivity index (χ1) is 17.8. The molecule has 2 rings (SSSR count). The lowest BCUT2D eigenvalue weighted by Crippen LogP contribution is -2.64. The number of hydrogen-bond donors (Lipinski definition) is 4. The van der Waals surface area contributed by atoms with Crippen molar-refractivity contribution in [2.75, 3.05) is 20.3 Å². The van der Waals surface area contributed by atoms with Crippen molar-refractivity contribution in [3.8, 4) is 0 Å². The molecule has 0 radical (unpaired) electrons. The molecule has 0 heterocycles. The Kier molecular flexibility index (Phi) is 12.0. The highest BCUT2D eigenvalue weighted by molar-refractivity contribution is 6.11. The van der Waals surface area contributed by atoms with E-state index in [4.69, 9.17) is 15.2 Å². The number of rotatable bonds is 14. The van der Waals surface area contributed by atoms with Crippen LogP contribution in [0.3, 0.4) is 0 Å². The zero-order chi connectivity index (χ0) is 27.1. The maximum atomic E-state index is 13.1. The number of alkyl carbamates (subject to hydrolysis) is 2. The monoisotopic (exact) mass is 515 g/mol. The van der Waals surface area contributed by atoms with E-state index in [1.807, 2.05) is 36.4 Å². The third kappa shape index (κ3) is 9.54. The summed E-state index contributed by atoms with van der Waals surface area (Å²) in [6, 6.07) is 16.9. The molecule has 0 aliphatic heterocycles. The summed E-state index contributed by atoms with van der Waals surface area (Å²) in [6.45, 7) is -0.665. The Bertz CT molecular complexity index is 1020. The second kappa shape index (κ2) is 15.2. The van der Waals surface area contributed by atoms with E-state index in [1.165, 1.54) is 0 Å². The van der Waals surface area contributed by atoms with Crippen molar-refractivity contribution in [1.82, 2.24) is 10.6 Å². The number of nitrogens with one attached hydrogen (secondary N) is 2. The predicted molar refractivity (Wildman–Crippen MR) is 133 cm³/mol. The van der Waals surface area contributed by atoms with Crippen molar-refractivity contribution < 1.29 is 38.5 Å². The summed E-state index contributed by atoms with van der Waals surface area (Å²) in [5, 5.41) is 14.7. The van der Waals surface area contributed by atoms with Crippen LogP contribution >= 0.6 is 0 Å². The van der Waals surface area contributed by atoms with Crippen LogP contribution in [0.4, 0.5) is 9.59 Å². The minimum Gasteiger partial charge on any atom is -0.467 e. The fraction of sp³-hybridized carbons (Fsp3) is 0.385. The van der Waals surface area contributed by atoms with E-state index in [0.29, 0.717) is 12.8 Å². The number of benzene rings is 2. The Balaban J connectivity index is 1.88. The minimum atomic E-state index is -2.36. The van der Waals surface area contributed by atoms with Gasteiger partial charge in [-0.2, -0.15) is 0 Å². The Morgan fingerprint density at radius 1 is 0.892 bits per heavy atom. The van der Waals surface area contributed by atoms with Gasteiger partial charge in [0.05, 0.1) is 19.8 Å². The molecule has 0 aromatic heterocycles. The van der Waals surface area contributed by atoms with Crippen LogP contribution in [-0.4, -0.2) is 60.9 Å². The maximum absolute atomic E-state index is 13.1. The summed E-state index contributed by atoms with van der Waals surface area (Å²) >= 11 is 0. The molecule has 200 valence electrons. The first-order valence-electron chi connectivity index (χ1n) is 11.7. The van der Waals surface area contributed by atoms with E-state index in [-0.39, 0.29) is 26.2 Å². The van der Waals surface area contributed by atoms with Gasteiger partial charge in [-0.05, 0) is 30.4 Å². The second-order valence-corrected chi connectivity index (χ2v) is 8.23. The van der Waals surface area contributed by atoms with E-state index in [2.05, 4.69) is 15.4 Å². The number of ether oxygens (including phenoxy) is 3. The second-order valence-electron chi connectivity index (χ2n) is 8.23. The van der Waals surface area contributed by atoms with Crippen LogP contribution in [0, 0.1) is 0 Å². The molecule has 0 aliphatic rings. The molecule has 11 nitrogen and oxygen atoms in total. The molecule has 0 unspecified atom stereocenters. The smallest absolute Gasteiger partial charge is 0.408 e. The number of Topliss-reactive ketones (excluding diaryl/α,β-unsaturated/α-hetero) is 1. The van der Waals surface area contributed by atoms with E-state index in [1.54, 1.807) is 24.3 Å². The van der Waals surface area contributed by atoms with E-state index < -0.39 is 42.1 Å². The van der Waals surface area contributed by atoms with Gasteiger partial charge in [-0.1, -0.05) is 60.7 Å². The summed E-state index contributed by atoms with van der Waals surface area (Å²) in [7, 11) is 1.03. The Hall–Kier alpha value is -3.96. The van der Waals surface area contributed by atoms with Crippen LogP contribution in [0.1, 0.15) is 30.4 Å². The summed E-state index contributed by atoms with van der Waals surface area (Å²) in [5.74, 6) is -2.05. The van der Waals surface area contributed by atoms with E-state index in [9.17, 15) is 24.3 Å². The molecule has 11 heteroatoms. The van der Waals surface area contributed by atoms with Gasteiger partial charge in [0, 0.05) is 6.54 Å². The lowest BCUT2D eigenvalue weighted by molar-refractivity contribution is -0.154. The summed E-state index contributed by atoms with van der Waals surface area (Å²) in [5.41, 5.74) is 5.08. The number of hydrogen-bond acceptors (Lipinski definition) is 9. The Labute approximate surface area is 215 Å². The van der Waals surface area contributed by atoms with Gasteiger partial charge in [0.15, 0.2) is 11.3 Å². The molecule has 2 amide bonds. The summed E-state index contributed by atoms with van der Waals surface area (Å²) in [4.78, 5) is 49.4. The molecule has 2 aromatic rings. The van der Waals surface area contributed by atoms with Gasteiger partial charge in [-0.3, -0.25) is 4.79 Å². The number of carbonyl (C=O) groups excluding carboxylic acids is 4.